The average molecular weight is 516 g/mol. The zero-order valence-corrected chi connectivity index (χ0v) is 21.5. The molecule has 0 saturated carbocycles. The summed E-state index contributed by atoms with van der Waals surface area (Å²) in [6, 6.07) is 2.82. The highest BCUT2D eigenvalue weighted by Crippen LogP contribution is 2.40. The Hall–Kier alpha value is -2.11. The van der Waals surface area contributed by atoms with Gasteiger partial charge in [0.15, 0.2) is 11.5 Å². The molecule has 0 aliphatic carbocycles. The van der Waals surface area contributed by atoms with Gasteiger partial charge in [-0.25, -0.2) is 4.79 Å². The third-order valence-corrected chi connectivity index (χ3v) is 7.89. The van der Waals surface area contributed by atoms with Crippen LogP contribution in [0.15, 0.2) is 12.1 Å². The van der Waals surface area contributed by atoms with Crippen LogP contribution in [0.4, 0.5) is 0 Å². The number of esters is 2. The molecule has 190 valence electrons. The number of hydrogen-bond acceptors (Lipinski definition) is 10. The van der Waals surface area contributed by atoms with Crippen molar-refractivity contribution in [1.29, 1.82) is 0 Å². The van der Waals surface area contributed by atoms with Gasteiger partial charge in [0.2, 0.25) is 11.7 Å². The number of hydrogen-bond donors (Lipinski definition) is 1. The first-order chi connectivity index (χ1) is 16.4. The van der Waals surface area contributed by atoms with Crippen LogP contribution in [0.2, 0.25) is 0 Å². The summed E-state index contributed by atoms with van der Waals surface area (Å²) in [5.74, 6) is 0.559. The Balaban J connectivity index is 1.60. The monoisotopic (exact) mass is 515 g/mol. The molecule has 2 rings (SSSR count). The molecule has 1 fully saturated rings. The van der Waals surface area contributed by atoms with Crippen LogP contribution in [-0.4, -0.2) is 69.4 Å². The van der Waals surface area contributed by atoms with Gasteiger partial charge in [0.25, 0.3) is 0 Å². The molecular weight excluding hydrogens is 482 g/mol. The molecule has 1 aromatic rings. The Morgan fingerprint density at radius 2 is 1.79 bits per heavy atom. The molecule has 1 N–H and O–H groups in total. The van der Waals surface area contributed by atoms with E-state index in [1.807, 2.05) is 21.6 Å². The van der Waals surface area contributed by atoms with Gasteiger partial charge in [-0.2, -0.15) is 0 Å². The molecule has 1 unspecified atom stereocenters. The van der Waals surface area contributed by atoms with Gasteiger partial charge in [-0.05, 0) is 31.4 Å². The Morgan fingerprint density at radius 1 is 1.06 bits per heavy atom. The predicted molar refractivity (Wildman–Crippen MR) is 132 cm³/mol. The number of carbonyl (C=O) groups excluding carboxylic acids is 3. The summed E-state index contributed by atoms with van der Waals surface area (Å²) in [5.41, 5.74) is 0.183. The summed E-state index contributed by atoms with van der Waals surface area (Å²) >= 11 is 0. The minimum atomic E-state index is -0.600. The number of unbranched alkanes of at least 4 members (excludes halogenated alkanes) is 1. The second kappa shape index (κ2) is 15.7. The van der Waals surface area contributed by atoms with Crippen LogP contribution < -0.4 is 19.5 Å². The largest absolute Gasteiger partial charge is 0.493 e. The Bertz CT molecular complexity index is 789. The van der Waals surface area contributed by atoms with Gasteiger partial charge in [0, 0.05) is 30.9 Å². The molecule has 1 aliphatic heterocycles. The second-order valence-corrected chi connectivity index (χ2v) is 10.3. The van der Waals surface area contributed by atoms with E-state index in [1.165, 1.54) is 51.9 Å². The van der Waals surface area contributed by atoms with Gasteiger partial charge in [0.1, 0.15) is 6.61 Å². The number of rotatable bonds is 15. The van der Waals surface area contributed by atoms with Gasteiger partial charge >= 0.3 is 11.9 Å². The number of carbonyl (C=O) groups is 3. The molecular formula is C23H33NO8S2. The number of methoxy groups -OCH3 is 2. The molecule has 1 aromatic carbocycles. The topological polar surface area (TPSA) is 109 Å². The lowest BCUT2D eigenvalue weighted by atomic mass is 10.1. The Morgan fingerprint density at radius 3 is 2.41 bits per heavy atom. The number of benzene rings is 1. The maximum absolute atomic E-state index is 12.3. The number of ether oxygens (including phenoxy) is 5. The molecule has 0 bridgehead atoms. The van der Waals surface area contributed by atoms with Gasteiger partial charge in [-0.1, -0.05) is 28.0 Å². The first kappa shape index (κ1) is 28.1. The van der Waals surface area contributed by atoms with Crippen molar-refractivity contribution in [2.24, 2.45) is 0 Å². The quantitative estimate of drug-likeness (QED) is 0.161. The van der Waals surface area contributed by atoms with E-state index in [2.05, 4.69) is 5.32 Å². The molecule has 1 atom stereocenters. The Kier molecular flexibility index (Phi) is 13.0. The third kappa shape index (κ3) is 10.0. The molecule has 1 heterocycles. The van der Waals surface area contributed by atoms with Crippen LogP contribution in [0, 0.1) is 0 Å². The fourth-order valence-corrected chi connectivity index (χ4v) is 6.22. The zero-order valence-electron chi connectivity index (χ0n) is 19.9. The lowest BCUT2D eigenvalue weighted by Crippen LogP contribution is -2.27. The van der Waals surface area contributed by atoms with Crippen LogP contribution in [0.3, 0.4) is 0 Å². The van der Waals surface area contributed by atoms with E-state index < -0.39 is 11.9 Å². The van der Waals surface area contributed by atoms with E-state index >= 15 is 0 Å². The highest BCUT2D eigenvalue weighted by Gasteiger charge is 2.20. The van der Waals surface area contributed by atoms with Crippen molar-refractivity contribution < 1.29 is 38.1 Å². The van der Waals surface area contributed by atoms with Crippen molar-refractivity contribution in [1.82, 2.24) is 5.32 Å². The van der Waals surface area contributed by atoms with Crippen LogP contribution >= 0.6 is 21.6 Å². The first-order valence-corrected chi connectivity index (χ1v) is 13.6. The minimum absolute atomic E-state index is 0.0311. The summed E-state index contributed by atoms with van der Waals surface area (Å²) in [4.78, 5) is 35.5. The molecule has 11 heteroatoms. The van der Waals surface area contributed by atoms with Crippen LogP contribution in [0.5, 0.6) is 17.2 Å². The fourth-order valence-electron chi connectivity index (χ4n) is 3.19. The van der Waals surface area contributed by atoms with Crippen LogP contribution in [0.25, 0.3) is 0 Å². The van der Waals surface area contributed by atoms with E-state index in [4.69, 9.17) is 23.7 Å². The highest BCUT2D eigenvalue weighted by molar-refractivity contribution is 8.77. The molecule has 0 radical (unpaired) electrons. The van der Waals surface area contributed by atoms with Gasteiger partial charge in [-0.15, -0.1) is 0 Å². The lowest BCUT2D eigenvalue weighted by molar-refractivity contribution is -0.132. The fraction of sp³-hybridized carbons (Fsp3) is 0.609. The van der Waals surface area contributed by atoms with Gasteiger partial charge in [-0.3, -0.25) is 9.59 Å². The van der Waals surface area contributed by atoms with E-state index in [0.717, 1.165) is 18.1 Å². The van der Waals surface area contributed by atoms with Gasteiger partial charge < -0.3 is 29.0 Å². The van der Waals surface area contributed by atoms with Crippen molar-refractivity contribution in [3.05, 3.63) is 17.7 Å². The summed E-state index contributed by atoms with van der Waals surface area (Å²) in [6.07, 6.45) is 4.98. The molecule has 0 aromatic heterocycles. The highest BCUT2D eigenvalue weighted by atomic mass is 33.1. The Labute approximate surface area is 208 Å². The lowest BCUT2D eigenvalue weighted by Gasteiger charge is -2.14. The van der Waals surface area contributed by atoms with E-state index in [0.29, 0.717) is 19.6 Å². The average Bonchev–Trinajstić information content (AvgIpc) is 3.34. The number of nitrogens with one attached hydrogen (secondary N) is 1. The van der Waals surface area contributed by atoms with E-state index in [9.17, 15) is 14.4 Å². The van der Waals surface area contributed by atoms with Crippen molar-refractivity contribution in [2.75, 3.05) is 46.3 Å². The van der Waals surface area contributed by atoms with Crippen molar-refractivity contribution >= 4 is 39.4 Å². The molecule has 34 heavy (non-hydrogen) atoms. The maximum Gasteiger partial charge on any atom is 0.338 e. The van der Waals surface area contributed by atoms with Crippen molar-refractivity contribution in [3.8, 4) is 17.2 Å². The van der Waals surface area contributed by atoms with Crippen LogP contribution in [0.1, 0.15) is 49.4 Å². The smallest absolute Gasteiger partial charge is 0.338 e. The SMILES string of the molecule is COc1cc(C(=O)OCCOCCNC(=O)CCCCC2CCSS2)cc(OC)c1OC(C)=O. The van der Waals surface area contributed by atoms with Crippen molar-refractivity contribution in [2.45, 2.75) is 44.3 Å². The molecule has 1 saturated heterocycles. The van der Waals surface area contributed by atoms with E-state index in [1.54, 1.807) is 0 Å². The summed E-state index contributed by atoms with van der Waals surface area (Å²) in [7, 11) is 6.69. The molecule has 9 nitrogen and oxygen atoms in total. The third-order valence-electron chi connectivity index (χ3n) is 4.88. The predicted octanol–water partition coefficient (Wildman–Crippen LogP) is 3.63. The van der Waals surface area contributed by atoms with Crippen molar-refractivity contribution in [3.63, 3.8) is 0 Å². The standard InChI is InChI=1S/C23H33NO8S2/c1-16(25)32-22-19(28-2)14-17(15-20(22)29-3)23(27)31-12-11-30-10-9-24-21(26)7-5-4-6-18-8-13-33-34-18/h14-15,18H,4-13H2,1-3H3,(H,24,26). The zero-order chi connectivity index (χ0) is 24.8. The minimum Gasteiger partial charge on any atom is -0.493 e. The maximum atomic E-state index is 12.3. The summed E-state index contributed by atoms with van der Waals surface area (Å²) in [5, 5.41) is 3.59. The normalized spacial score (nSPS) is 15.0. The molecule has 0 spiro atoms. The molecule has 1 aliphatic rings. The first-order valence-electron chi connectivity index (χ1n) is 11.2. The second-order valence-electron chi connectivity index (χ2n) is 7.48. The molecule has 1 amide bonds. The summed E-state index contributed by atoms with van der Waals surface area (Å²) < 4.78 is 26.1. The van der Waals surface area contributed by atoms with Crippen LogP contribution in [-0.2, 0) is 19.1 Å². The summed E-state index contributed by atoms with van der Waals surface area (Å²) in [6.45, 7) is 2.23. The number of amides is 1. The van der Waals surface area contributed by atoms with Gasteiger partial charge in [0.05, 0.1) is 33.0 Å². The van der Waals surface area contributed by atoms with E-state index in [-0.39, 0.29) is 41.9 Å².